The van der Waals surface area contributed by atoms with E-state index in [1.807, 2.05) is 25.1 Å². The van der Waals surface area contributed by atoms with Crippen LogP contribution in [0.1, 0.15) is 30.4 Å². The van der Waals surface area contributed by atoms with Crippen LogP contribution in [0.2, 0.25) is 5.28 Å². The average molecular weight is 445 g/mol. The first kappa shape index (κ1) is 20.3. The highest BCUT2D eigenvalue weighted by Crippen LogP contribution is 2.30. The van der Waals surface area contributed by atoms with E-state index in [9.17, 15) is 0 Å². The van der Waals surface area contributed by atoms with Gasteiger partial charge in [0.15, 0.2) is 5.65 Å². The minimum absolute atomic E-state index is 0.243. The maximum Gasteiger partial charge on any atom is 0.224 e. The molecule has 32 heavy (non-hydrogen) atoms. The molecular weight excluding hydrogens is 424 g/mol. The van der Waals surface area contributed by atoms with Crippen molar-refractivity contribution in [3.8, 4) is 22.5 Å². The standard InChI is InChI=1S/C23H21ClN8/c1-3-6-19-26-20-14(2)25-23(24)27-22(20)32(19)13-15-9-11-16(12-10-15)17-7-4-5-8-18(17)21-28-30-31-29-21/h4-5,7-12H,3,6,13H2,1-2H3,(H,28,29,30,31). The molecule has 0 bridgehead atoms. The van der Waals surface area contributed by atoms with Gasteiger partial charge in [0.05, 0.1) is 12.2 Å². The van der Waals surface area contributed by atoms with Crippen LogP contribution < -0.4 is 0 Å². The Bertz CT molecular complexity index is 1370. The maximum absolute atomic E-state index is 6.15. The first-order chi connectivity index (χ1) is 15.6. The molecule has 9 heteroatoms. The zero-order chi connectivity index (χ0) is 22.1. The van der Waals surface area contributed by atoms with Gasteiger partial charge >= 0.3 is 0 Å². The molecule has 3 aromatic heterocycles. The van der Waals surface area contributed by atoms with E-state index in [1.165, 1.54) is 0 Å². The molecule has 3 heterocycles. The molecule has 0 saturated carbocycles. The fourth-order valence-electron chi connectivity index (χ4n) is 3.91. The molecule has 2 aromatic carbocycles. The Kier molecular flexibility index (Phi) is 5.36. The lowest BCUT2D eigenvalue weighted by molar-refractivity contribution is 0.716. The number of hydrogen-bond acceptors (Lipinski definition) is 6. The van der Waals surface area contributed by atoms with Crippen LogP contribution in [-0.4, -0.2) is 40.1 Å². The van der Waals surface area contributed by atoms with Gasteiger partial charge in [-0.1, -0.05) is 55.5 Å². The van der Waals surface area contributed by atoms with Gasteiger partial charge < -0.3 is 4.57 Å². The lowest BCUT2D eigenvalue weighted by Gasteiger charge is -2.11. The number of hydrogen-bond donors (Lipinski definition) is 1. The highest BCUT2D eigenvalue weighted by atomic mass is 35.5. The van der Waals surface area contributed by atoms with Gasteiger partial charge in [-0.2, -0.15) is 10.2 Å². The van der Waals surface area contributed by atoms with Crippen LogP contribution >= 0.6 is 11.6 Å². The molecule has 8 nitrogen and oxygen atoms in total. The van der Waals surface area contributed by atoms with Crippen molar-refractivity contribution in [3.05, 3.63) is 70.9 Å². The van der Waals surface area contributed by atoms with Gasteiger partial charge in [0, 0.05) is 12.0 Å². The molecule has 5 aromatic rings. The van der Waals surface area contributed by atoms with Crippen molar-refractivity contribution >= 4 is 22.8 Å². The van der Waals surface area contributed by atoms with E-state index in [2.05, 4.69) is 72.4 Å². The average Bonchev–Trinajstić information content (AvgIpc) is 3.44. The third-order valence-corrected chi connectivity index (χ3v) is 5.58. The molecule has 1 N–H and O–H groups in total. The number of aromatic amines is 1. The summed E-state index contributed by atoms with van der Waals surface area (Å²) >= 11 is 6.15. The lowest BCUT2D eigenvalue weighted by Crippen LogP contribution is -2.06. The zero-order valence-corrected chi connectivity index (χ0v) is 18.5. The molecule has 0 fully saturated rings. The molecular formula is C23H21ClN8. The number of fused-ring (bicyclic) bond motifs is 1. The molecule has 5 rings (SSSR count). The Balaban J connectivity index is 1.51. The van der Waals surface area contributed by atoms with Crippen molar-refractivity contribution in [1.82, 2.24) is 40.1 Å². The smallest absolute Gasteiger partial charge is 0.224 e. The number of halogens is 1. The van der Waals surface area contributed by atoms with Crippen LogP contribution in [0.4, 0.5) is 0 Å². The van der Waals surface area contributed by atoms with Crippen molar-refractivity contribution in [2.75, 3.05) is 0 Å². The van der Waals surface area contributed by atoms with E-state index < -0.39 is 0 Å². The highest BCUT2D eigenvalue weighted by molar-refractivity contribution is 6.28. The number of benzene rings is 2. The highest BCUT2D eigenvalue weighted by Gasteiger charge is 2.16. The largest absolute Gasteiger partial charge is 0.308 e. The summed E-state index contributed by atoms with van der Waals surface area (Å²) in [5, 5.41) is 14.7. The summed E-state index contributed by atoms with van der Waals surface area (Å²) in [7, 11) is 0. The van der Waals surface area contributed by atoms with Gasteiger partial charge in [-0.3, -0.25) is 0 Å². The summed E-state index contributed by atoms with van der Waals surface area (Å²) in [5.74, 6) is 1.57. The molecule has 0 aliphatic heterocycles. The van der Waals surface area contributed by atoms with E-state index in [0.29, 0.717) is 12.4 Å². The minimum Gasteiger partial charge on any atom is -0.308 e. The van der Waals surface area contributed by atoms with Crippen molar-refractivity contribution in [2.24, 2.45) is 0 Å². The second kappa shape index (κ2) is 8.47. The fourth-order valence-corrected chi connectivity index (χ4v) is 4.11. The molecule has 0 atom stereocenters. The molecule has 0 amide bonds. The SMILES string of the molecule is CCCc1nc2c(C)nc(Cl)nc2n1Cc1ccc(-c2ccccc2-c2nn[nH]n2)cc1. The summed E-state index contributed by atoms with van der Waals surface area (Å²) in [6.07, 6.45) is 1.86. The molecule has 0 unspecified atom stereocenters. The predicted molar refractivity (Wildman–Crippen MR) is 123 cm³/mol. The van der Waals surface area contributed by atoms with Gasteiger partial charge in [-0.15, -0.1) is 10.2 Å². The maximum atomic E-state index is 6.15. The Morgan fingerprint density at radius 2 is 1.75 bits per heavy atom. The molecule has 0 saturated heterocycles. The van der Waals surface area contributed by atoms with Crippen molar-refractivity contribution in [3.63, 3.8) is 0 Å². The third kappa shape index (κ3) is 3.73. The van der Waals surface area contributed by atoms with Gasteiger partial charge in [0.25, 0.3) is 0 Å². The number of H-pyrrole nitrogens is 1. The second-order valence-corrected chi connectivity index (χ2v) is 7.93. The van der Waals surface area contributed by atoms with E-state index in [1.54, 1.807) is 0 Å². The van der Waals surface area contributed by atoms with Crippen LogP contribution in [0.5, 0.6) is 0 Å². The number of rotatable bonds is 6. The summed E-state index contributed by atoms with van der Waals surface area (Å²) in [6, 6.07) is 16.5. The Morgan fingerprint density at radius 3 is 2.47 bits per heavy atom. The number of aromatic nitrogens is 8. The second-order valence-electron chi connectivity index (χ2n) is 7.59. The summed E-state index contributed by atoms with van der Waals surface area (Å²) < 4.78 is 2.14. The number of aryl methyl sites for hydroxylation is 2. The number of nitrogens with zero attached hydrogens (tertiary/aromatic N) is 7. The van der Waals surface area contributed by atoms with E-state index in [-0.39, 0.29) is 5.28 Å². The van der Waals surface area contributed by atoms with Crippen LogP contribution in [0.25, 0.3) is 33.7 Å². The topological polar surface area (TPSA) is 98.1 Å². The van der Waals surface area contributed by atoms with Crippen LogP contribution in [-0.2, 0) is 13.0 Å². The number of nitrogens with one attached hydrogen (secondary N) is 1. The van der Waals surface area contributed by atoms with Gasteiger partial charge in [-0.25, -0.2) is 9.97 Å². The quantitative estimate of drug-likeness (QED) is 0.383. The minimum atomic E-state index is 0.243. The monoisotopic (exact) mass is 444 g/mol. The summed E-state index contributed by atoms with van der Waals surface area (Å²) in [6.45, 7) is 4.72. The van der Waals surface area contributed by atoms with Crippen LogP contribution in [0, 0.1) is 6.92 Å². The Labute approximate surface area is 189 Å². The first-order valence-electron chi connectivity index (χ1n) is 10.5. The first-order valence-corrected chi connectivity index (χ1v) is 10.8. The van der Waals surface area contributed by atoms with Gasteiger partial charge in [-0.05, 0) is 46.8 Å². The van der Waals surface area contributed by atoms with Crippen molar-refractivity contribution < 1.29 is 0 Å². The molecule has 0 aliphatic rings. The Morgan fingerprint density at radius 1 is 0.969 bits per heavy atom. The predicted octanol–water partition coefficient (Wildman–Crippen LogP) is 4.64. The molecule has 0 radical (unpaired) electrons. The van der Waals surface area contributed by atoms with E-state index in [0.717, 1.165) is 57.8 Å². The summed E-state index contributed by atoms with van der Waals surface area (Å²) in [5.41, 5.74) is 6.59. The van der Waals surface area contributed by atoms with Gasteiger partial charge in [0.1, 0.15) is 11.3 Å². The normalized spacial score (nSPS) is 11.3. The van der Waals surface area contributed by atoms with Crippen molar-refractivity contribution in [1.29, 1.82) is 0 Å². The van der Waals surface area contributed by atoms with Crippen molar-refractivity contribution in [2.45, 2.75) is 33.2 Å². The van der Waals surface area contributed by atoms with Crippen LogP contribution in [0.15, 0.2) is 48.5 Å². The van der Waals surface area contributed by atoms with Gasteiger partial charge in [0.2, 0.25) is 11.1 Å². The van der Waals surface area contributed by atoms with E-state index >= 15 is 0 Å². The summed E-state index contributed by atoms with van der Waals surface area (Å²) in [4.78, 5) is 13.5. The third-order valence-electron chi connectivity index (χ3n) is 5.41. The zero-order valence-electron chi connectivity index (χ0n) is 17.7. The molecule has 0 aliphatic carbocycles. The fraction of sp³-hybridized carbons (Fsp3) is 0.217. The molecule has 160 valence electrons. The number of imidazole rings is 1. The van der Waals surface area contributed by atoms with E-state index in [4.69, 9.17) is 16.6 Å². The van der Waals surface area contributed by atoms with Crippen LogP contribution in [0.3, 0.4) is 0 Å². The lowest BCUT2D eigenvalue weighted by atomic mass is 9.98. The number of tetrazole rings is 1. The Hall–Kier alpha value is -3.65. The molecule has 0 spiro atoms.